The van der Waals surface area contributed by atoms with E-state index in [9.17, 15) is 56.1 Å². The first-order chi connectivity index (χ1) is 52.8. The van der Waals surface area contributed by atoms with E-state index >= 15 is 0 Å². The van der Waals surface area contributed by atoms with Gasteiger partial charge in [-0.05, 0) is 151 Å². The number of halogens is 6. The number of nitriles is 1. The molecular formula is C77H104F6N14O10S3. The van der Waals surface area contributed by atoms with Crippen molar-refractivity contribution >= 4 is 87.8 Å². The maximum absolute atomic E-state index is 14.7. The number of nitro groups is 1. The average Bonchev–Trinajstić information content (AvgIpc) is 1.43. The van der Waals surface area contributed by atoms with E-state index in [-0.39, 0.29) is 77.5 Å². The molecule has 6 aromatic rings. The molecule has 33 heteroatoms. The highest BCUT2D eigenvalue weighted by molar-refractivity contribution is 7.99. The lowest BCUT2D eigenvalue weighted by molar-refractivity contribution is -0.391. The van der Waals surface area contributed by atoms with Crippen molar-refractivity contribution in [3.05, 3.63) is 134 Å². The molecule has 0 aliphatic rings. The smallest absolute Gasteiger partial charge is 0.380 e. The van der Waals surface area contributed by atoms with Crippen molar-refractivity contribution in [1.29, 1.82) is 5.26 Å². The molecule has 602 valence electrons. The molecule has 110 heavy (non-hydrogen) atoms. The minimum Gasteiger partial charge on any atom is -0.380 e. The number of nitrogens with zero attached hydrogens (tertiary/aromatic N) is 11. The van der Waals surface area contributed by atoms with Crippen molar-refractivity contribution < 1.29 is 69.3 Å². The van der Waals surface area contributed by atoms with Crippen LogP contribution < -0.4 is 16.0 Å². The summed E-state index contributed by atoms with van der Waals surface area (Å²) in [6.07, 6.45) is -4.99. The third-order valence-electron chi connectivity index (χ3n) is 16.8. The molecule has 0 unspecified atom stereocenters. The van der Waals surface area contributed by atoms with Gasteiger partial charge in [0.15, 0.2) is 17.3 Å². The summed E-state index contributed by atoms with van der Waals surface area (Å²) in [6.45, 7) is 24.3. The molecule has 0 saturated carbocycles. The van der Waals surface area contributed by atoms with Crippen molar-refractivity contribution in [1.82, 2.24) is 34.4 Å². The highest BCUT2D eigenvalue weighted by Gasteiger charge is 2.48. The highest BCUT2D eigenvalue weighted by atomic mass is 32.2. The Morgan fingerprint density at radius 1 is 0.545 bits per heavy atom. The summed E-state index contributed by atoms with van der Waals surface area (Å²) >= 11 is 4.66. The summed E-state index contributed by atoms with van der Waals surface area (Å²) in [7, 11) is 0. The van der Waals surface area contributed by atoms with Gasteiger partial charge in [0.1, 0.15) is 22.8 Å². The number of aromatic nitrogens is 4. The summed E-state index contributed by atoms with van der Waals surface area (Å²) in [5.41, 5.74) is -7.73. The second-order valence-corrected chi connectivity index (χ2v) is 29.5. The van der Waals surface area contributed by atoms with Crippen molar-refractivity contribution in [2.24, 2.45) is 10.2 Å². The Balaban J connectivity index is 1.37. The van der Waals surface area contributed by atoms with Crippen LogP contribution in [0.15, 0.2) is 110 Å². The zero-order valence-electron chi connectivity index (χ0n) is 64.3. The fourth-order valence-corrected chi connectivity index (χ4v) is 14.1. The molecule has 0 spiro atoms. The molecule has 0 fully saturated rings. The Bertz CT molecular complexity index is 3900. The maximum Gasteiger partial charge on any atom is 0.423 e. The molecule has 3 N–H and O–H groups in total. The summed E-state index contributed by atoms with van der Waals surface area (Å²) in [5, 5.41) is 46.4. The summed E-state index contributed by atoms with van der Waals surface area (Å²) in [6, 6.07) is 24.6. The second-order valence-electron chi connectivity index (χ2n) is 26.0. The molecule has 3 amide bonds. The van der Waals surface area contributed by atoms with Crippen LogP contribution >= 0.6 is 35.3 Å². The number of hydrogen-bond donors (Lipinski definition) is 3. The number of unbranched alkanes of at least 4 members (excludes halogenated alkanes) is 4. The van der Waals surface area contributed by atoms with Crippen LogP contribution in [0.1, 0.15) is 167 Å². The zero-order chi connectivity index (χ0) is 80.1. The van der Waals surface area contributed by atoms with E-state index in [1.165, 1.54) is 11.8 Å². The van der Waals surface area contributed by atoms with Crippen LogP contribution in [-0.2, 0) is 41.5 Å². The van der Waals surface area contributed by atoms with Gasteiger partial charge in [-0.1, -0.05) is 65.2 Å². The van der Waals surface area contributed by atoms with E-state index in [1.807, 2.05) is 100 Å². The molecular weight excluding hydrogens is 1490 g/mol. The predicted molar refractivity (Wildman–Crippen MR) is 420 cm³/mol. The van der Waals surface area contributed by atoms with Crippen LogP contribution in [0.3, 0.4) is 0 Å². The first-order valence-electron chi connectivity index (χ1n) is 37.3. The van der Waals surface area contributed by atoms with Gasteiger partial charge in [0.25, 0.3) is 23.4 Å². The van der Waals surface area contributed by atoms with Crippen LogP contribution in [0.2, 0.25) is 0 Å². The van der Waals surface area contributed by atoms with Gasteiger partial charge in [-0.25, -0.2) is 4.68 Å². The number of benzene rings is 4. The number of thioether (sulfide) groups is 3. The summed E-state index contributed by atoms with van der Waals surface area (Å²) in [5.74, 6) is 1.28. The monoisotopic (exact) mass is 1590 g/mol. The van der Waals surface area contributed by atoms with Crippen LogP contribution in [0, 0.1) is 21.4 Å². The molecule has 0 atom stereocenters. The molecule has 0 aliphatic heterocycles. The third-order valence-corrected chi connectivity index (χ3v) is 20.0. The first-order valence-corrected chi connectivity index (χ1v) is 40.3. The van der Waals surface area contributed by atoms with Crippen LogP contribution in [0.25, 0.3) is 5.69 Å². The van der Waals surface area contributed by atoms with E-state index in [0.29, 0.717) is 176 Å². The number of nitro benzene ring substituents is 1. The van der Waals surface area contributed by atoms with Gasteiger partial charge in [-0.15, -0.1) is 50.6 Å². The Morgan fingerprint density at radius 3 is 1.33 bits per heavy atom. The number of azo groups is 1. The molecule has 24 nitrogen and oxygen atoms in total. The van der Waals surface area contributed by atoms with Gasteiger partial charge in [0, 0.05) is 129 Å². The minimum absolute atomic E-state index is 0.0189. The second kappa shape index (κ2) is 47.3. The lowest BCUT2D eigenvalue weighted by Gasteiger charge is -2.23. The van der Waals surface area contributed by atoms with Crippen molar-refractivity contribution in [3.8, 4) is 11.8 Å². The highest BCUT2D eigenvalue weighted by Crippen LogP contribution is 2.47. The van der Waals surface area contributed by atoms with Crippen molar-refractivity contribution in [3.63, 3.8) is 0 Å². The Morgan fingerprint density at radius 2 is 0.945 bits per heavy atom. The fraction of sp³-hybridized carbons (Fsp3) is 0.545. The molecule has 2 aromatic heterocycles. The lowest BCUT2D eigenvalue weighted by Crippen LogP contribution is -2.36. The largest absolute Gasteiger partial charge is 0.423 e. The van der Waals surface area contributed by atoms with E-state index in [4.69, 9.17) is 33.7 Å². The van der Waals surface area contributed by atoms with Crippen molar-refractivity contribution in [2.45, 2.75) is 146 Å². The summed E-state index contributed by atoms with van der Waals surface area (Å²) in [4.78, 5) is 69.6. The van der Waals surface area contributed by atoms with E-state index < -0.39 is 51.0 Å². The number of alkyl halides is 6. The zero-order valence-corrected chi connectivity index (χ0v) is 66.7. The topological polar surface area (TPSA) is 278 Å². The van der Waals surface area contributed by atoms with E-state index in [1.54, 1.807) is 72.3 Å². The fourth-order valence-electron chi connectivity index (χ4n) is 11.3. The average molecular weight is 1600 g/mol. The van der Waals surface area contributed by atoms with Crippen LogP contribution in [-0.4, -0.2) is 199 Å². The lowest BCUT2D eigenvalue weighted by atomic mass is 9.89. The standard InChI is InChI=1S/C77H104F6N14O10S3/c1-10-16-17-19-35-93(36-41-103-11-2)71(98)55-26-21-30-60(49-55)109-47-24-33-86-70-65(90-91-68-62(54-84)67(75(7,8)9)96(92-68)58-52-63(76(78,79)80)66(97(101)102)64(53-58)77(81,82)83)69(85-32-18-20-46-108-59-29-22-27-56(50-59)72(99)94(37-42-104-12-3)38-43-105-13-4)88-74(89-70)87-34-25-48-110-61-31-23-28-57(51-61)73(100)95(39-44-106-14-5)40-45-107-15-6/h21-23,26-31,49-53H,10-20,24-25,32-48H2,1-9H3,(H3,85,86,87,88,89). The number of anilines is 3. The number of hydrogen-bond acceptors (Lipinski definition) is 22. The normalized spacial score (nSPS) is 11.8. The van der Waals surface area contributed by atoms with Crippen molar-refractivity contribution in [2.75, 3.05) is 158 Å². The first kappa shape index (κ1) is 90.8. The number of ether oxygens (including phenoxy) is 5. The van der Waals surface area contributed by atoms with Crippen LogP contribution in [0.5, 0.6) is 0 Å². The molecule has 0 saturated heterocycles. The molecule has 6 rings (SSSR count). The SMILES string of the molecule is CCCCCCN(CCOCC)C(=O)c1cccc(SCCCNc2nc(NCCCSc3cccc(C(=O)N(CCOCC)CCOCC)c3)nc(NCCCCSc3cccc(C(=O)N(CCOCC)CCOCC)c3)c2N=Nc2nn(-c3cc(C(F)(F)F)c([N+](=O)[O-])c(C(F)(F)F)c3)c(C(C)(C)C)c2C#N)c1. The third kappa shape index (κ3) is 29.2. The molecule has 0 bridgehead atoms. The van der Waals surface area contributed by atoms with E-state index in [0.717, 1.165) is 40.4 Å². The van der Waals surface area contributed by atoms with Gasteiger partial charge < -0.3 is 54.3 Å². The van der Waals surface area contributed by atoms with Gasteiger partial charge in [-0.2, -0.15) is 41.6 Å². The molecule has 0 aliphatic carbocycles. The molecule has 2 heterocycles. The van der Waals surface area contributed by atoms with E-state index in [2.05, 4.69) is 38.2 Å². The summed E-state index contributed by atoms with van der Waals surface area (Å²) < 4.78 is 117. The van der Waals surface area contributed by atoms with Crippen LogP contribution in [0.4, 0.5) is 61.1 Å². The van der Waals surface area contributed by atoms with Gasteiger partial charge in [0.2, 0.25) is 11.8 Å². The Hall–Kier alpha value is -8.10. The minimum atomic E-state index is -5.65. The quantitative estimate of drug-likeness (QED) is 0.00799. The number of rotatable bonds is 51. The Kier molecular flexibility index (Phi) is 39.0. The van der Waals surface area contributed by atoms with Gasteiger partial charge in [-0.3, -0.25) is 24.5 Å². The van der Waals surface area contributed by atoms with Gasteiger partial charge >= 0.3 is 12.4 Å². The predicted octanol–water partition coefficient (Wildman–Crippen LogP) is 17.5. The maximum atomic E-state index is 14.7. The molecule has 0 radical (unpaired) electrons. The number of nitrogens with one attached hydrogen (secondary N) is 3. The molecule has 4 aromatic carbocycles. The van der Waals surface area contributed by atoms with Gasteiger partial charge in [0.05, 0.1) is 49.3 Å². The number of carbonyl (C=O) groups is 3. The number of carbonyl (C=O) groups excluding carboxylic acids is 3. The Labute approximate surface area is 653 Å². The number of amides is 3.